The van der Waals surface area contributed by atoms with Crippen LogP contribution in [0, 0.1) is 11.8 Å². The number of rotatable bonds is 8. The molecule has 0 saturated carbocycles. The highest BCUT2D eigenvalue weighted by Gasteiger charge is 2.39. The van der Waals surface area contributed by atoms with Crippen LogP contribution in [0.2, 0.25) is 0 Å². The lowest BCUT2D eigenvalue weighted by Crippen LogP contribution is -2.52. The molecule has 0 spiro atoms. The lowest BCUT2D eigenvalue weighted by molar-refractivity contribution is -0.136. The Labute approximate surface area is 204 Å². The molecule has 1 unspecified atom stereocenters. The summed E-state index contributed by atoms with van der Waals surface area (Å²) < 4.78 is 16.0. The fourth-order valence-electron chi connectivity index (χ4n) is 3.72. The third-order valence-electron chi connectivity index (χ3n) is 5.27. The molecule has 10 heteroatoms. The number of alkyl carbamates (subject to hydrolysis) is 1. The number of carbonyl (C=O) groups excluding carboxylic acids is 4. The SMILES string of the molecule is CC(C)(C)OC(=O)NCCOCCOCC#Cc1cccc2c1CN(C1CCC(=O)NC1=O)C2=O. The first kappa shape index (κ1) is 26.2. The van der Waals surface area contributed by atoms with Gasteiger partial charge in [-0.15, -0.1) is 0 Å². The first-order valence-corrected chi connectivity index (χ1v) is 11.5. The number of fused-ring (bicyclic) bond motifs is 1. The smallest absolute Gasteiger partial charge is 0.407 e. The number of nitrogens with zero attached hydrogens (tertiary/aromatic N) is 1. The van der Waals surface area contributed by atoms with Crippen LogP contribution < -0.4 is 10.6 Å². The van der Waals surface area contributed by atoms with Crippen LogP contribution in [-0.4, -0.2) is 73.3 Å². The quantitative estimate of drug-likeness (QED) is 0.324. The van der Waals surface area contributed by atoms with Gasteiger partial charge in [0.05, 0.1) is 19.8 Å². The molecule has 0 aromatic heterocycles. The van der Waals surface area contributed by atoms with E-state index < -0.39 is 23.6 Å². The van der Waals surface area contributed by atoms with Crippen molar-refractivity contribution >= 4 is 23.8 Å². The number of nitrogens with one attached hydrogen (secondary N) is 2. The minimum absolute atomic E-state index is 0.188. The number of hydrogen-bond donors (Lipinski definition) is 2. The molecule has 2 aliphatic rings. The molecule has 188 valence electrons. The van der Waals surface area contributed by atoms with Crippen molar-refractivity contribution in [2.24, 2.45) is 0 Å². The van der Waals surface area contributed by atoms with Gasteiger partial charge in [0.2, 0.25) is 11.8 Å². The van der Waals surface area contributed by atoms with Crippen LogP contribution in [0.3, 0.4) is 0 Å². The maximum absolute atomic E-state index is 12.8. The van der Waals surface area contributed by atoms with E-state index in [4.69, 9.17) is 14.2 Å². The number of benzene rings is 1. The van der Waals surface area contributed by atoms with Gasteiger partial charge < -0.3 is 24.4 Å². The van der Waals surface area contributed by atoms with Gasteiger partial charge in [0.25, 0.3) is 5.91 Å². The highest BCUT2D eigenvalue weighted by molar-refractivity contribution is 6.05. The third kappa shape index (κ3) is 7.53. The molecule has 3 rings (SSSR count). The molecular weight excluding hydrogens is 454 g/mol. The van der Waals surface area contributed by atoms with Crippen molar-refractivity contribution < 1.29 is 33.4 Å². The Morgan fingerprint density at radius 3 is 2.69 bits per heavy atom. The minimum atomic E-state index is -0.656. The van der Waals surface area contributed by atoms with Crippen molar-refractivity contribution in [2.45, 2.75) is 51.8 Å². The molecule has 0 radical (unpaired) electrons. The van der Waals surface area contributed by atoms with Crippen LogP contribution >= 0.6 is 0 Å². The normalized spacial score (nSPS) is 17.4. The molecule has 10 nitrogen and oxygen atoms in total. The maximum Gasteiger partial charge on any atom is 0.407 e. The highest BCUT2D eigenvalue weighted by atomic mass is 16.6. The summed E-state index contributed by atoms with van der Waals surface area (Å²) in [6.07, 6.45) is 0.0463. The van der Waals surface area contributed by atoms with Gasteiger partial charge in [0, 0.05) is 30.6 Å². The summed E-state index contributed by atoms with van der Waals surface area (Å²) in [4.78, 5) is 49.5. The van der Waals surface area contributed by atoms with Crippen molar-refractivity contribution in [2.75, 3.05) is 33.0 Å². The molecule has 0 bridgehead atoms. The van der Waals surface area contributed by atoms with Crippen molar-refractivity contribution in [3.63, 3.8) is 0 Å². The second-order valence-corrected chi connectivity index (χ2v) is 9.13. The molecule has 1 atom stereocenters. The molecule has 2 heterocycles. The van der Waals surface area contributed by atoms with Crippen LogP contribution in [0.5, 0.6) is 0 Å². The Hall–Kier alpha value is -3.42. The predicted molar refractivity (Wildman–Crippen MR) is 125 cm³/mol. The second-order valence-electron chi connectivity index (χ2n) is 9.13. The predicted octanol–water partition coefficient (Wildman–Crippen LogP) is 1.36. The van der Waals surface area contributed by atoms with E-state index in [1.54, 1.807) is 32.9 Å². The number of amides is 4. The highest BCUT2D eigenvalue weighted by Crippen LogP contribution is 2.29. The van der Waals surface area contributed by atoms with E-state index in [1.807, 2.05) is 6.07 Å². The Kier molecular flexibility index (Phi) is 8.84. The monoisotopic (exact) mass is 485 g/mol. The first-order chi connectivity index (χ1) is 16.7. The summed E-state index contributed by atoms with van der Waals surface area (Å²) >= 11 is 0. The Morgan fingerprint density at radius 1 is 1.17 bits per heavy atom. The number of imide groups is 1. The standard InChI is InChI=1S/C25H31N3O7/c1-25(2,3)35-24(32)26-11-13-34-15-14-33-12-5-7-17-6-4-8-18-19(17)16-28(23(18)31)20-9-10-21(29)27-22(20)30/h4,6,8,20H,9-16H2,1-3H3,(H,26,32)(H,27,29,30). The van der Waals surface area contributed by atoms with Crippen LogP contribution in [0.4, 0.5) is 4.79 Å². The third-order valence-corrected chi connectivity index (χ3v) is 5.27. The molecule has 1 aromatic rings. The number of ether oxygens (including phenoxy) is 3. The largest absolute Gasteiger partial charge is 0.444 e. The zero-order chi connectivity index (χ0) is 25.4. The Morgan fingerprint density at radius 2 is 1.94 bits per heavy atom. The average Bonchev–Trinajstić information content (AvgIpc) is 3.11. The molecule has 0 aliphatic carbocycles. The van der Waals surface area contributed by atoms with E-state index in [-0.39, 0.29) is 31.4 Å². The number of hydrogen-bond acceptors (Lipinski definition) is 7. The van der Waals surface area contributed by atoms with Crippen LogP contribution in [0.15, 0.2) is 18.2 Å². The topological polar surface area (TPSA) is 123 Å². The molecule has 2 aliphatic heterocycles. The van der Waals surface area contributed by atoms with Crippen LogP contribution in [0.25, 0.3) is 0 Å². The summed E-state index contributed by atoms with van der Waals surface area (Å²) in [5.41, 5.74) is 1.47. The van der Waals surface area contributed by atoms with Crippen molar-refractivity contribution in [1.82, 2.24) is 15.5 Å². The van der Waals surface area contributed by atoms with Gasteiger partial charge >= 0.3 is 6.09 Å². The fourth-order valence-corrected chi connectivity index (χ4v) is 3.72. The fraction of sp³-hybridized carbons (Fsp3) is 0.520. The summed E-state index contributed by atoms with van der Waals surface area (Å²) in [5, 5.41) is 4.91. The number of carbonyl (C=O) groups is 4. The van der Waals surface area contributed by atoms with Crippen LogP contribution in [0.1, 0.15) is 55.1 Å². The van der Waals surface area contributed by atoms with Gasteiger partial charge in [-0.05, 0) is 44.9 Å². The van der Waals surface area contributed by atoms with Gasteiger partial charge in [-0.1, -0.05) is 17.9 Å². The molecule has 4 amide bonds. The molecular formula is C25H31N3O7. The Balaban J connectivity index is 1.39. The first-order valence-electron chi connectivity index (χ1n) is 11.5. The van der Waals surface area contributed by atoms with Crippen molar-refractivity contribution in [3.05, 3.63) is 34.9 Å². The second kappa shape index (κ2) is 11.8. The van der Waals surface area contributed by atoms with Gasteiger partial charge in [0.1, 0.15) is 18.2 Å². The van der Waals surface area contributed by atoms with Gasteiger partial charge in [-0.2, -0.15) is 0 Å². The van der Waals surface area contributed by atoms with E-state index in [2.05, 4.69) is 22.5 Å². The van der Waals surface area contributed by atoms with Crippen LogP contribution in [-0.2, 0) is 30.3 Å². The van der Waals surface area contributed by atoms with Crippen molar-refractivity contribution in [1.29, 1.82) is 0 Å². The summed E-state index contributed by atoms with van der Waals surface area (Å²) in [6, 6.07) is 4.65. The zero-order valence-electron chi connectivity index (χ0n) is 20.3. The van der Waals surface area contributed by atoms with Gasteiger partial charge in [0.15, 0.2) is 0 Å². The lowest BCUT2D eigenvalue weighted by Gasteiger charge is -2.29. The average molecular weight is 486 g/mol. The Bertz CT molecular complexity index is 1040. The maximum atomic E-state index is 12.8. The minimum Gasteiger partial charge on any atom is -0.444 e. The molecule has 1 fully saturated rings. The van der Waals surface area contributed by atoms with E-state index in [1.165, 1.54) is 4.90 Å². The van der Waals surface area contributed by atoms with Gasteiger partial charge in [-0.25, -0.2) is 4.79 Å². The summed E-state index contributed by atoms with van der Waals surface area (Å²) in [5.74, 6) is 5.00. The van der Waals surface area contributed by atoms with E-state index >= 15 is 0 Å². The summed E-state index contributed by atoms with van der Waals surface area (Å²) in [6.45, 7) is 7.22. The van der Waals surface area contributed by atoms with Gasteiger partial charge in [-0.3, -0.25) is 19.7 Å². The van der Waals surface area contributed by atoms with E-state index in [9.17, 15) is 19.2 Å². The van der Waals surface area contributed by atoms with Crippen molar-refractivity contribution in [3.8, 4) is 11.8 Å². The molecule has 2 N–H and O–H groups in total. The molecule has 1 saturated heterocycles. The molecule has 1 aromatic carbocycles. The zero-order valence-corrected chi connectivity index (χ0v) is 20.3. The number of piperidine rings is 1. The summed E-state index contributed by atoms with van der Waals surface area (Å²) in [7, 11) is 0. The lowest BCUT2D eigenvalue weighted by atomic mass is 10.0. The van der Waals surface area contributed by atoms with E-state index in [0.717, 1.165) is 5.56 Å². The van der Waals surface area contributed by atoms with E-state index in [0.29, 0.717) is 43.9 Å². The molecule has 35 heavy (non-hydrogen) atoms.